The Kier molecular flexibility index (Phi) is 4.35. The zero-order valence-corrected chi connectivity index (χ0v) is 8.99. The first-order chi connectivity index (χ1) is 6.66. The van der Waals surface area contributed by atoms with Gasteiger partial charge in [-0.1, -0.05) is 13.3 Å². The lowest BCUT2D eigenvalue weighted by molar-refractivity contribution is -0.143. The van der Waals surface area contributed by atoms with Crippen molar-refractivity contribution in [3.8, 4) is 0 Å². The summed E-state index contributed by atoms with van der Waals surface area (Å²) in [6.07, 6.45) is 2.72. The quantitative estimate of drug-likeness (QED) is 0.680. The molecule has 0 aromatic heterocycles. The highest BCUT2D eigenvalue weighted by Gasteiger charge is 2.29. The molecule has 4 nitrogen and oxygen atoms in total. The van der Waals surface area contributed by atoms with Crippen LogP contribution < -0.4 is 5.32 Å². The fourth-order valence-corrected chi connectivity index (χ4v) is 2.02. The van der Waals surface area contributed by atoms with Crippen molar-refractivity contribution in [3.05, 3.63) is 0 Å². The largest absolute Gasteiger partial charge is 0.480 e. The number of nitrogens with one attached hydrogen (secondary N) is 1. The smallest absolute Gasteiger partial charge is 0.320 e. The van der Waals surface area contributed by atoms with Crippen LogP contribution in [0.15, 0.2) is 0 Å². The topological polar surface area (TPSA) is 52.6 Å². The van der Waals surface area contributed by atoms with Gasteiger partial charge in [-0.15, -0.1) is 0 Å². The first kappa shape index (κ1) is 11.5. The van der Waals surface area contributed by atoms with E-state index in [1.165, 1.54) is 0 Å². The van der Waals surface area contributed by atoms with Crippen molar-refractivity contribution in [2.24, 2.45) is 0 Å². The molecule has 0 amide bonds. The summed E-state index contributed by atoms with van der Waals surface area (Å²) in [6, 6.07) is 0.0764. The molecular weight excluding hydrogens is 180 g/mol. The van der Waals surface area contributed by atoms with Crippen molar-refractivity contribution in [1.82, 2.24) is 10.2 Å². The number of nitrogens with zero attached hydrogens (tertiary/aromatic N) is 1. The molecule has 0 aromatic carbocycles. The molecule has 1 heterocycles. The molecule has 2 unspecified atom stereocenters. The molecule has 1 aliphatic heterocycles. The van der Waals surface area contributed by atoms with Crippen molar-refractivity contribution in [1.29, 1.82) is 0 Å². The Balaban J connectivity index is 2.52. The molecule has 1 rings (SSSR count). The van der Waals surface area contributed by atoms with Gasteiger partial charge in [-0.2, -0.15) is 0 Å². The number of carboxylic acids is 1. The van der Waals surface area contributed by atoms with Crippen LogP contribution in [-0.2, 0) is 4.79 Å². The van der Waals surface area contributed by atoms with Gasteiger partial charge in [-0.25, -0.2) is 0 Å². The lowest BCUT2D eigenvalue weighted by atomic mass is 10.1. The van der Waals surface area contributed by atoms with Gasteiger partial charge in [0.1, 0.15) is 6.04 Å². The molecule has 2 N–H and O–H groups in total. The average molecular weight is 200 g/mol. The zero-order chi connectivity index (χ0) is 10.6. The van der Waals surface area contributed by atoms with Crippen LogP contribution in [0.4, 0.5) is 0 Å². The molecule has 1 fully saturated rings. The second-order valence-corrected chi connectivity index (χ2v) is 3.95. The van der Waals surface area contributed by atoms with E-state index in [0.717, 1.165) is 32.4 Å². The van der Waals surface area contributed by atoms with Crippen LogP contribution in [0.25, 0.3) is 0 Å². The van der Waals surface area contributed by atoms with Crippen LogP contribution in [0.5, 0.6) is 0 Å². The predicted octanol–water partition coefficient (Wildman–Crippen LogP) is 0.533. The first-order valence-electron chi connectivity index (χ1n) is 5.32. The number of carbonyl (C=O) groups is 1. The van der Waals surface area contributed by atoms with Crippen LogP contribution in [0.3, 0.4) is 0 Å². The molecule has 4 heteroatoms. The van der Waals surface area contributed by atoms with Gasteiger partial charge in [0.2, 0.25) is 0 Å². The normalized spacial score (nSPS) is 24.1. The highest BCUT2D eigenvalue weighted by atomic mass is 16.4. The summed E-state index contributed by atoms with van der Waals surface area (Å²) in [4.78, 5) is 13.0. The number of hydrogen-bond acceptors (Lipinski definition) is 3. The molecule has 0 spiro atoms. The third-order valence-corrected chi connectivity index (χ3v) is 2.95. The molecule has 2 atom stereocenters. The minimum atomic E-state index is -0.693. The summed E-state index contributed by atoms with van der Waals surface area (Å²) >= 11 is 0. The average Bonchev–Trinajstić information content (AvgIpc) is 2.65. The second kappa shape index (κ2) is 5.32. The van der Waals surface area contributed by atoms with E-state index in [2.05, 4.69) is 5.32 Å². The summed E-state index contributed by atoms with van der Waals surface area (Å²) in [7, 11) is 1.92. The monoisotopic (exact) mass is 200 g/mol. The molecule has 82 valence electrons. The fourth-order valence-electron chi connectivity index (χ4n) is 2.02. The van der Waals surface area contributed by atoms with Crippen LogP contribution in [0.1, 0.15) is 26.2 Å². The molecule has 0 radical (unpaired) electrons. The number of hydrogen-bond donors (Lipinski definition) is 2. The standard InChI is InChI=1S/C10H20N2O2/c1-3-4-9(10(13)14)12(2)8-5-6-11-7-8/h8-9,11H,3-7H2,1-2H3,(H,13,14). The maximum atomic E-state index is 11.0. The van der Waals surface area contributed by atoms with E-state index in [4.69, 9.17) is 5.11 Å². The Morgan fingerprint density at radius 1 is 1.71 bits per heavy atom. The SMILES string of the molecule is CCCC(C(=O)O)N(C)C1CCNC1. The van der Waals surface area contributed by atoms with Crippen LogP contribution in [-0.4, -0.2) is 48.2 Å². The Bertz CT molecular complexity index is 191. The predicted molar refractivity (Wildman–Crippen MR) is 55.4 cm³/mol. The van der Waals surface area contributed by atoms with Gasteiger partial charge in [0.05, 0.1) is 0 Å². The number of carboxylic acid groups (broad SMARTS) is 1. The molecule has 0 aliphatic carbocycles. The molecule has 0 saturated carbocycles. The van der Waals surface area contributed by atoms with Crippen molar-refractivity contribution in [2.75, 3.05) is 20.1 Å². The fraction of sp³-hybridized carbons (Fsp3) is 0.900. The minimum Gasteiger partial charge on any atom is -0.480 e. The van der Waals surface area contributed by atoms with E-state index in [1.807, 2.05) is 18.9 Å². The van der Waals surface area contributed by atoms with E-state index in [9.17, 15) is 4.79 Å². The zero-order valence-electron chi connectivity index (χ0n) is 8.99. The van der Waals surface area contributed by atoms with Gasteiger partial charge < -0.3 is 10.4 Å². The Morgan fingerprint density at radius 2 is 2.43 bits per heavy atom. The van der Waals surface area contributed by atoms with Crippen LogP contribution in [0.2, 0.25) is 0 Å². The molecule has 14 heavy (non-hydrogen) atoms. The molecule has 1 aliphatic rings. The maximum absolute atomic E-state index is 11.0. The third kappa shape index (κ3) is 2.69. The van der Waals surface area contributed by atoms with Crippen molar-refractivity contribution >= 4 is 5.97 Å². The summed E-state index contributed by atoms with van der Waals surface area (Å²) in [5, 5.41) is 12.3. The van der Waals surface area contributed by atoms with Gasteiger partial charge in [0, 0.05) is 12.6 Å². The maximum Gasteiger partial charge on any atom is 0.320 e. The number of aliphatic carboxylic acids is 1. The highest BCUT2D eigenvalue weighted by Crippen LogP contribution is 2.13. The highest BCUT2D eigenvalue weighted by molar-refractivity contribution is 5.73. The van der Waals surface area contributed by atoms with Gasteiger partial charge in [0.15, 0.2) is 0 Å². The molecular formula is C10H20N2O2. The summed E-state index contributed by atoms with van der Waals surface area (Å²) in [5.74, 6) is -0.693. The minimum absolute atomic E-state index is 0.315. The van der Waals surface area contributed by atoms with Crippen LogP contribution >= 0.6 is 0 Å². The Morgan fingerprint density at radius 3 is 2.86 bits per heavy atom. The lowest BCUT2D eigenvalue weighted by Gasteiger charge is -2.29. The van der Waals surface area contributed by atoms with E-state index in [-0.39, 0.29) is 6.04 Å². The van der Waals surface area contributed by atoms with E-state index < -0.39 is 5.97 Å². The van der Waals surface area contributed by atoms with Gasteiger partial charge >= 0.3 is 5.97 Å². The van der Waals surface area contributed by atoms with Gasteiger partial charge in [-0.05, 0) is 26.4 Å². The van der Waals surface area contributed by atoms with E-state index >= 15 is 0 Å². The van der Waals surface area contributed by atoms with Crippen LogP contribution in [0, 0.1) is 0 Å². The molecule has 1 saturated heterocycles. The third-order valence-electron chi connectivity index (χ3n) is 2.95. The second-order valence-electron chi connectivity index (χ2n) is 3.95. The summed E-state index contributed by atoms with van der Waals surface area (Å²) < 4.78 is 0. The van der Waals surface area contributed by atoms with Crippen molar-refractivity contribution in [3.63, 3.8) is 0 Å². The van der Waals surface area contributed by atoms with Gasteiger partial charge in [0.25, 0.3) is 0 Å². The number of likely N-dealkylation sites (N-methyl/N-ethyl adjacent to an activating group) is 1. The van der Waals surface area contributed by atoms with Gasteiger partial charge in [-0.3, -0.25) is 9.69 Å². The van der Waals surface area contributed by atoms with Crippen molar-refractivity contribution < 1.29 is 9.90 Å². The molecule has 0 bridgehead atoms. The Labute approximate surface area is 85.3 Å². The van der Waals surface area contributed by atoms with Crippen molar-refractivity contribution in [2.45, 2.75) is 38.3 Å². The van der Waals surface area contributed by atoms with E-state index in [0.29, 0.717) is 6.04 Å². The number of rotatable bonds is 5. The summed E-state index contributed by atoms with van der Waals surface area (Å²) in [5.41, 5.74) is 0. The first-order valence-corrected chi connectivity index (χ1v) is 5.32. The Hall–Kier alpha value is -0.610. The summed E-state index contributed by atoms with van der Waals surface area (Å²) in [6.45, 7) is 3.95. The molecule has 0 aromatic rings. The lowest BCUT2D eigenvalue weighted by Crippen LogP contribution is -2.45. The van der Waals surface area contributed by atoms with E-state index in [1.54, 1.807) is 0 Å².